The zero-order valence-corrected chi connectivity index (χ0v) is 16.7. The van der Waals surface area contributed by atoms with Crippen molar-refractivity contribution < 1.29 is 14.3 Å². The fourth-order valence-electron chi connectivity index (χ4n) is 2.98. The molecule has 0 bridgehead atoms. The molecular weight excluding hydrogens is 380 g/mol. The third kappa shape index (κ3) is 6.22. The molecule has 1 aromatic heterocycles. The molecule has 0 aliphatic rings. The number of nitrogens with one attached hydrogen (secondary N) is 2. The van der Waals surface area contributed by atoms with Crippen molar-refractivity contribution >= 4 is 17.6 Å². The number of aromatic nitrogens is 2. The first-order valence-electron chi connectivity index (χ1n) is 9.75. The Hall–Kier alpha value is -3.58. The Kier molecular flexibility index (Phi) is 7.63. The van der Waals surface area contributed by atoms with Crippen LogP contribution in [0.3, 0.4) is 0 Å². The highest BCUT2D eigenvalue weighted by atomic mass is 16.5. The lowest BCUT2D eigenvalue weighted by Crippen LogP contribution is -2.44. The molecule has 3 aromatic rings. The van der Waals surface area contributed by atoms with E-state index < -0.39 is 12.0 Å². The molecule has 30 heavy (non-hydrogen) atoms. The highest BCUT2D eigenvalue weighted by molar-refractivity contribution is 5.95. The van der Waals surface area contributed by atoms with Gasteiger partial charge in [0.15, 0.2) is 0 Å². The number of rotatable bonds is 9. The zero-order valence-electron chi connectivity index (χ0n) is 16.7. The van der Waals surface area contributed by atoms with Gasteiger partial charge in [0.05, 0.1) is 19.2 Å². The molecule has 2 aromatic carbocycles. The predicted molar refractivity (Wildman–Crippen MR) is 115 cm³/mol. The van der Waals surface area contributed by atoms with E-state index in [1.165, 1.54) is 6.33 Å². The van der Waals surface area contributed by atoms with Gasteiger partial charge in [0.1, 0.15) is 6.33 Å². The average molecular weight is 404 g/mol. The van der Waals surface area contributed by atoms with Gasteiger partial charge in [-0.05, 0) is 36.6 Å². The van der Waals surface area contributed by atoms with E-state index in [4.69, 9.17) is 4.74 Å². The minimum absolute atomic E-state index is 0.0415. The predicted octanol–water partition coefficient (Wildman–Crippen LogP) is 2.85. The molecule has 0 aliphatic carbocycles. The van der Waals surface area contributed by atoms with Gasteiger partial charge < -0.3 is 10.1 Å². The van der Waals surface area contributed by atoms with Crippen LogP contribution in [0.2, 0.25) is 0 Å². The molecule has 0 saturated carbocycles. The van der Waals surface area contributed by atoms with E-state index in [0.717, 1.165) is 16.7 Å². The summed E-state index contributed by atoms with van der Waals surface area (Å²) >= 11 is 0. The molecule has 7 nitrogen and oxygen atoms in total. The van der Waals surface area contributed by atoms with Gasteiger partial charge in [0, 0.05) is 23.6 Å². The lowest BCUT2D eigenvalue weighted by Gasteiger charge is -2.18. The van der Waals surface area contributed by atoms with Gasteiger partial charge in [0.2, 0.25) is 5.91 Å². The maximum absolute atomic E-state index is 13.0. The van der Waals surface area contributed by atoms with Gasteiger partial charge in [-0.1, -0.05) is 42.5 Å². The smallest absolute Gasteiger partial charge is 0.319 e. The van der Waals surface area contributed by atoms with Gasteiger partial charge in [-0.15, -0.1) is 0 Å². The summed E-state index contributed by atoms with van der Waals surface area (Å²) < 4.78 is 4.96. The Labute approximate surface area is 175 Å². The van der Waals surface area contributed by atoms with Gasteiger partial charge in [-0.25, -0.2) is 9.97 Å². The molecule has 0 fully saturated rings. The summed E-state index contributed by atoms with van der Waals surface area (Å²) in [4.78, 5) is 32.8. The summed E-state index contributed by atoms with van der Waals surface area (Å²) in [7, 11) is 0. The maximum Gasteiger partial charge on any atom is 0.319 e. The Morgan fingerprint density at radius 3 is 2.50 bits per heavy atom. The van der Waals surface area contributed by atoms with Crippen LogP contribution in [0.4, 0.5) is 5.69 Å². The van der Waals surface area contributed by atoms with Crippen molar-refractivity contribution in [2.24, 2.45) is 0 Å². The molecule has 154 valence electrons. The van der Waals surface area contributed by atoms with Crippen molar-refractivity contribution in [1.82, 2.24) is 15.3 Å². The van der Waals surface area contributed by atoms with Crippen LogP contribution in [0.15, 0.2) is 73.3 Å². The van der Waals surface area contributed by atoms with Crippen LogP contribution in [0.5, 0.6) is 0 Å². The molecule has 0 saturated heterocycles. The number of nitrogens with zero attached hydrogens (tertiary/aromatic N) is 2. The Bertz CT molecular complexity index is 964. The molecule has 2 N–H and O–H groups in total. The van der Waals surface area contributed by atoms with E-state index in [1.54, 1.807) is 19.3 Å². The summed E-state index contributed by atoms with van der Waals surface area (Å²) in [5.74, 6) is -0.626. The topological polar surface area (TPSA) is 93.2 Å². The third-order valence-electron chi connectivity index (χ3n) is 4.42. The first-order valence-corrected chi connectivity index (χ1v) is 9.75. The third-order valence-corrected chi connectivity index (χ3v) is 4.42. The molecule has 1 atom stereocenters. The molecular formula is C23H24N4O3. The number of carbonyl (C=O) groups excluding carboxylic acids is 2. The monoisotopic (exact) mass is 404 g/mol. The summed E-state index contributed by atoms with van der Waals surface area (Å²) in [6.07, 6.45) is 5.34. The SMILES string of the molecule is CCOC(=O)CNC(Cc1ccccc1)C(=O)Nc1cccc(-c2cncnc2)c1. The molecule has 3 rings (SSSR count). The van der Waals surface area contributed by atoms with E-state index in [2.05, 4.69) is 20.6 Å². The van der Waals surface area contributed by atoms with Crippen molar-refractivity contribution in [3.63, 3.8) is 0 Å². The summed E-state index contributed by atoms with van der Waals surface area (Å²) in [6.45, 7) is 2.00. The van der Waals surface area contributed by atoms with Crippen molar-refractivity contribution in [3.05, 3.63) is 78.9 Å². The van der Waals surface area contributed by atoms with E-state index in [0.29, 0.717) is 18.7 Å². The number of carbonyl (C=O) groups is 2. The first kappa shape index (κ1) is 21.1. The van der Waals surface area contributed by atoms with E-state index in [1.807, 2.05) is 54.6 Å². The van der Waals surface area contributed by atoms with Crippen LogP contribution in [0, 0.1) is 0 Å². The second kappa shape index (κ2) is 10.8. The summed E-state index contributed by atoms with van der Waals surface area (Å²) in [5.41, 5.74) is 3.39. The van der Waals surface area contributed by atoms with E-state index >= 15 is 0 Å². The first-order chi connectivity index (χ1) is 14.7. The van der Waals surface area contributed by atoms with Gasteiger partial charge in [-0.3, -0.25) is 14.9 Å². The van der Waals surface area contributed by atoms with Crippen molar-refractivity contribution in [2.45, 2.75) is 19.4 Å². The quantitative estimate of drug-likeness (QED) is 0.533. The molecule has 7 heteroatoms. The van der Waals surface area contributed by atoms with Crippen LogP contribution < -0.4 is 10.6 Å². The minimum atomic E-state index is -0.597. The minimum Gasteiger partial charge on any atom is -0.465 e. The van der Waals surface area contributed by atoms with Crippen LogP contribution >= 0.6 is 0 Å². The highest BCUT2D eigenvalue weighted by Crippen LogP contribution is 2.21. The number of benzene rings is 2. The fourth-order valence-corrected chi connectivity index (χ4v) is 2.98. The molecule has 0 radical (unpaired) electrons. The number of hydrogen-bond acceptors (Lipinski definition) is 6. The average Bonchev–Trinajstić information content (AvgIpc) is 2.78. The van der Waals surface area contributed by atoms with Crippen LogP contribution in [0.1, 0.15) is 12.5 Å². The van der Waals surface area contributed by atoms with Crippen LogP contribution in [0.25, 0.3) is 11.1 Å². The van der Waals surface area contributed by atoms with Crippen LogP contribution in [-0.4, -0.2) is 41.0 Å². The maximum atomic E-state index is 13.0. The fraction of sp³-hybridized carbons (Fsp3) is 0.217. The van der Waals surface area contributed by atoms with Crippen molar-refractivity contribution in [1.29, 1.82) is 0 Å². The van der Waals surface area contributed by atoms with E-state index in [-0.39, 0.29) is 12.5 Å². The summed E-state index contributed by atoms with van der Waals surface area (Å²) in [5, 5.41) is 5.95. The standard InChI is InChI=1S/C23H24N4O3/c1-2-30-22(28)15-26-21(11-17-7-4-3-5-8-17)23(29)27-20-10-6-9-18(12-20)19-13-24-16-25-14-19/h3-10,12-14,16,21,26H,2,11,15H2,1H3,(H,27,29). The lowest BCUT2D eigenvalue weighted by atomic mass is 10.0. The second-order valence-corrected chi connectivity index (χ2v) is 6.63. The largest absolute Gasteiger partial charge is 0.465 e. The molecule has 0 spiro atoms. The Morgan fingerprint density at radius 1 is 1.00 bits per heavy atom. The van der Waals surface area contributed by atoms with Crippen molar-refractivity contribution in [3.8, 4) is 11.1 Å². The highest BCUT2D eigenvalue weighted by Gasteiger charge is 2.20. The van der Waals surface area contributed by atoms with Gasteiger partial charge >= 0.3 is 5.97 Å². The molecule has 1 heterocycles. The number of esters is 1. The zero-order chi connectivity index (χ0) is 21.2. The molecule has 0 aliphatic heterocycles. The second-order valence-electron chi connectivity index (χ2n) is 6.63. The number of amides is 1. The normalized spacial score (nSPS) is 11.5. The number of anilines is 1. The van der Waals surface area contributed by atoms with Crippen LogP contribution in [-0.2, 0) is 20.7 Å². The Morgan fingerprint density at radius 2 is 1.77 bits per heavy atom. The molecule has 1 amide bonds. The molecule has 1 unspecified atom stereocenters. The lowest BCUT2D eigenvalue weighted by molar-refractivity contribution is -0.142. The van der Waals surface area contributed by atoms with E-state index in [9.17, 15) is 9.59 Å². The van der Waals surface area contributed by atoms with Gasteiger partial charge in [0.25, 0.3) is 0 Å². The summed E-state index contributed by atoms with van der Waals surface area (Å²) in [6, 6.07) is 16.5. The number of hydrogen-bond donors (Lipinski definition) is 2. The number of ether oxygens (including phenoxy) is 1. The van der Waals surface area contributed by atoms with Crippen molar-refractivity contribution in [2.75, 3.05) is 18.5 Å². The Balaban J connectivity index is 1.72. The van der Waals surface area contributed by atoms with Gasteiger partial charge in [-0.2, -0.15) is 0 Å².